The molecule has 5 nitrogen and oxygen atoms in total. The lowest BCUT2D eigenvalue weighted by Gasteiger charge is -2.33. The van der Waals surface area contributed by atoms with Crippen LogP contribution in [0.5, 0.6) is 0 Å². The fourth-order valence-electron chi connectivity index (χ4n) is 4.40. The Bertz CT molecular complexity index is 944. The fourth-order valence-corrected chi connectivity index (χ4v) is 4.53. The molecular weight excluding hydrogens is 417 g/mol. The number of hydrogen-bond acceptors (Lipinski definition) is 3. The summed E-state index contributed by atoms with van der Waals surface area (Å²) in [7, 11) is 0. The first-order valence-corrected chi connectivity index (χ1v) is 11.3. The van der Waals surface area contributed by atoms with E-state index in [1.165, 1.54) is 18.6 Å². The Hall–Kier alpha value is -2.60. The van der Waals surface area contributed by atoms with Gasteiger partial charge in [0.05, 0.1) is 17.3 Å². The number of halogens is 2. The van der Waals surface area contributed by atoms with Gasteiger partial charge in [-0.05, 0) is 74.6 Å². The first kappa shape index (κ1) is 21.6. The monoisotopic (exact) mass is 443 g/mol. The van der Waals surface area contributed by atoms with Crippen LogP contribution in [0.1, 0.15) is 42.5 Å². The van der Waals surface area contributed by atoms with E-state index in [1.54, 1.807) is 35.2 Å². The van der Waals surface area contributed by atoms with Crippen LogP contribution in [0.3, 0.4) is 0 Å². The molecule has 0 radical (unpaired) electrons. The SMILES string of the molecule is O=C(Nc1cc(F)ccc1N1CCCCC1)C1CCCN(C(=O)c2ccc(Cl)cc2)C1. The summed E-state index contributed by atoms with van der Waals surface area (Å²) in [5, 5.41) is 3.53. The van der Waals surface area contributed by atoms with Gasteiger partial charge in [-0.1, -0.05) is 11.6 Å². The maximum absolute atomic E-state index is 14.0. The predicted molar refractivity (Wildman–Crippen MR) is 121 cm³/mol. The molecule has 2 heterocycles. The normalized spacial score (nSPS) is 19.2. The first-order valence-electron chi connectivity index (χ1n) is 10.9. The largest absolute Gasteiger partial charge is 0.370 e. The third-order valence-electron chi connectivity index (χ3n) is 6.08. The molecule has 4 rings (SSSR count). The molecule has 7 heteroatoms. The second kappa shape index (κ2) is 9.69. The smallest absolute Gasteiger partial charge is 0.253 e. The zero-order chi connectivity index (χ0) is 21.8. The summed E-state index contributed by atoms with van der Waals surface area (Å²) in [5.41, 5.74) is 1.93. The molecular formula is C24H27ClFN3O2. The topological polar surface area (TPSA) is 52.7 Å². The third-order valence-corrected chi connectivity index (χ3v) is 6.34. The molecule has 31 heavy (non-hydrogen) atoms. The number of carbonyl (C=O) groups is 2. The molecule has 1 atom stereocenters. The van der Waals surface area contributed by atoms with E-state index in [0.29, 0.717) is 35.8 Å². The molecule has 2 aliphatic heterocycles. The van der Waals surface area contributed by atoms with Gasteiger partial charge in [0.1, 0.15) is 5.82 Å². The summed E-state index contributed by atoms with van der Waals surface area (Å²) < 4.78 is 14.0. The van der Waals surface area contributed by atoms with Gasteiger partial charge in [-0.3, -0.25) is 9.59 Å². The van der Waals surface area contributed by atoms with Gasteiger partial charge in [0.25, 0.3) is 5.91 Å². The Kier molecular flexibility index (Phi) is 6.76. The lowest BCUT2D eigenvalue weighted by Crippen LogP contribution is -2.44. The zero-order valence-electron chi connectivity index (χ0n) is 17.4. The van der Waals surface area contributed by atoms with Gasteiger partial charge in [0.2, 0.25) is 5.91 Å². The Morgan fingerprint density at radius 3 is 2.45 bits per heavy atom. The minimum Gasteiger partial charge on any atom is -0.370 e. The van der Waals surface area contributed by atoms with Crippen LogP contribution in [-0.4, -0.2) is 42.9 Å². The molecule has 0 aliphatic carbocycles. The second-order valence-electron chi connectivity index (χ2n) is 8.30. The van der Waals surface area contributed by atoms with E-state index >= 15 is 0 Å². The summed E-state index contributed by atoms with van der Waals surface area (Å²) in [4.78, 5) is 29.8. The summed E-state index contributed by atoms with van der Waals surface area (Å²) in [6.45, 7) is 2.77. The standard InChI is InChI=1S/C24H27ClFN3O2/c25-19-8-6-17(7-9-19)24(31)29-14-4-5-18(16-29)23(30)27-21-15-20(26)10-11-22(21)28-12-2-1-3-13-28/h6-11,15,18H,1-5,12-14,16H2,(H,27,30). The van der Waals surface area contributed by atoms with Crippen molar-refractivity contribution in [3.05, 3.63) is 58.9 Å². The van der Waals surface area contributed by atoms with Crippen molar-refractivity contribution in [2.45, 2.75) is 32.1 Å². The number of nitrogens with zero attached hydrogens (tertiary/aromatic N) is 2. The molecule has 0 spiro atoms. The lowest BCUT2D eigenvalue weighted by atomic mass is 9.96. The van der Waals surface area contributed by atoms with Crippen molar-refractivity contribution in [1.29, 1.82) is 0 Å². The maximum atomic E-state index is 14.0. The van der Waals surface area contributed by atoms with E-state index in [0.717, 1.165) is 38.0 Å². The molecule has 2 aliphatic rings. The Labute approximate surface area is 187 Å². The molecule has 164 valence electrons. The van der Waals surface area contributed by atoms with Crippen molar-refractivity contribution >= 4 is 34.8 Å². The van der Waals surface area contributed by atoms with Crippen LogP contribution < -0.4 is 10.2 Å². The van der Waals surface area contributed by atoms with Crippen LogP contribution in [0.25, 0.3) is 0 Å². The van der Waals surface area contributed by atoms with Gasteiger partial charge >= 0.3 is 0 Å². The van der Waals surface area contributed by atoms with Gasteiger partial charge < -0.3 is 15.1 Å². The van der Waals surface area contributed by atoms with E-state index in [9.17, 15) is 14.0 Å². The molecule has 2 fully saturated rings. The number of hydrogen-bond donors (Lipinski definition) is 1. The van der Waals surface area contributed by atoms with Crippen molar-refractivity contribution in [2.75, 3.05) is 36.4 Å². The highest BCUT2D eigenvalue weighted by molar-refractivity contribution is 6.30. The minimum atomic E-state index is -0.376. The van der Waals surface area contributed by atoms with Crippen molar-refractivity contribution in [2.24, 2.45) is 5.92 Å². The molecule has 0 saturated carbocycles. The van der Waals surface area contributed by atoms with Gasteiger partial charge in [0.15, 0.2) is 0 Å². The van der Waals surface area contributed by atoms with Crippen LogP contribution >= 0.6 is 11.6 Å². The van der Waals surface area contributed by atoms with E-state index in [4.69, 9.17) is 11.6 Å². The van der Waals surface area contributed by atoms with Gasteiger partial charge in [-0.15, -0.1) is 0 Å². The number of benzene rings is 2. The molecule has 0 aromatic heterocycles. The van der Waals surface area contributed by atoms with Gasteiger partial charge in [0, 0.05) is 36.8 Å². The van der Waals surface area contributed by atoms with E-state index in [1.807, 2.05) is 0 Å². The summed E-state index contributed by atoms with van der Waals surface area (Å²) in [6.07, 6.45) is 4.83. The third kappa shape index (κ3) is 5.18. The summed E-state index contributed by atoms with van der Waals surface area (Å²) >= 11 is 5.92. The van der Waals surface area contributed by atoms with E-state index in [-0.39, 0.29) is 23.5 Å². The zero-order valence-corrected chi connectivity index (χ0v) is 18.2. The average Bonchev–Trinajstić information content (AvgIpc) is 2.80. The predicted octanol–water partition coefficient (Wildman–Crippen LogP) is 4.96. The highest BCUT2D eigenvalue weighted by atomic mass is 35.5. The summed E-state index contributed by atoms with van der Waals surface area (Å²) in [5.74, 6) is -0.979. The molecule has 1 N–H and O–H groups in total. The Balaban J connectivity index is 1.45. The number of rotatable bonds is 4. The number of carbonyl (C=O) groups excluding carboxylic acids is 2. The second-order valence-corrected chi connectivity index (χ2v) is 8.73. The number of anilines is 2. The average molecular weight is 444 g/mol. The van der Waals surface area contributed by atoms with Crippen LogP contribution in [0.4, 0.5) is 15.8 Å². The van der Waals surface area contributed by atoms with Crippen molar-refractivity contribution in [1.82, 2.24) is 4.90 Å². The Morgan fingerprint density at radius 2 is 1.71 bits per heavy atom. The molecule has 2 saturated heterocycles. The van der Waals surface area contributed by atoms with Crippen molar-refractivity contribution in [3.8, 4) is 0 Å². The molecule has 2 aromatic carbocycles. The quantitative estimate of drug-likeness (QED) is 0.726. The van der Waals surface area contributed by atoms with E-state index in [2.05, 4.69) is 10.2 Å². The van der Waals surface area contributed by atoms with E-state index < -0.39 is 0 Å². The molecule has 2 aromatic rings. The lowest BCUT2D eigenvalue weighted by molar-refractivity contribution is -0.121. The number of amides is 2. The number of nitrogens with one attached hydrogen (secondary N) is 1. The highest BCUT2D eigenvalue weighted by Crippen LogP contribution is 2.30. The van der Waals surface area contributed by atoms with Crippen LogP contribution in [0.2, 0.25) is 5.02 Å². The fraction of sp³-hybridized carbons (Fsp3) is 0.417. The van der Waals surface area contributed by atoms with Crippen molar-refractivity contribution in [3.63, 3.8) is 0 Å². The van der Waals surface area contributed by atoms with Crippen LogP contribution in [0, 0.1) is 11.7 Å². The van der Waals surface area contributed by atoms with Gasteiger partial charge in [-0.25, -0.2) is 4.39 Å². The molecule has 0 bridgehead atoms. The Morgan fingerprint density at radius 1 is 0.968 bits per heavy atom. The summed E-state index contributed by atoms with van der Waals surface area (Å²) in [6, 6.07) is 11.4. The number of piperidine rings is 2. The van der Waals surface area contributed by atoms with Gasteiger partial charge in [-0.2, -0.15) is 0 Å². The first-order chi connectivity index (χ1) is 15.0. The number of likely N-dealkylation sites (tertiary alicyclic amines) is 1. The van der Waals surface area contributed by atoms with Crippen LogP contribution in [-0.2, 0) is 4.79 Å². The molecule has 1 unspecified atom stereocenters. The minimum absolute atomic E-state index is 0.103. The molecule has 2 amide bonds. The highest BCUT2D eigenvalue weighted by Gasteiger charge is 2.29. The maximum Gasteiger partial charge on any atom is 0.253 e. The van der Waals surface area contributed by atoms with Crippen LogP contribution in [0.15, 0.2) is 42.5 Å². The van der Waals surface area contributed by atoms with Crippen molar-refractivity contribution < 1.29 is 14.0 Å².